The van der Waals surface area contributed by atoms with E-state index in [1.54, 1.807) is 7.05 Å². The van der Waals surface area contributed by atoms with Gasteiger partial charge in [-0.25, -0.2) is 14.5 Å². The molecule has 2 aromatic rings. The Bertz CT molecular complexity index is 1150. The van der Waals surface area contributed by atoms with Crippen LogP contribution < -0.4 is 10.6 Å². The molecule has 2 aliphatic rings. The number of nitrogens with zero attached hydrogens (tertiary/aromatic N) is 6. The van der Waals surface area contributed by atoms with E-state index < -0.39 is 35.3 Å². The van der Waals surface area contributed by atoms with E-state index in [-0.39, 0.29) is 22.3 Å². The molecule has 17 heteroatoms. The van der Waals surface area contributed by atoms with Crippen molar-refractivity contribution in [1.82, 2.24) is 35.4 Å². The number of amides is 3. The highest BCUT2D eigenvalue weighted by Gasteiger charge is 2.54. The molecule has 0 aromatic carbocycles. The standard InChI is InChI=1S/C16H16N8O6S3/c1-23-16(20-21-22-23)33-3-6-2-31-13-8(12(28)24(13)9(6)14(29)30)19-11(27)10(26)7-4-32-15(18-7)17-5-25/h4-5,8,10,13,26H,2-3H2,1H3,(H,19,27)(H,29,30)(H,17,18,25). The Kier molecular flexibility index (Phi) is 6.63. The third-order valence-electron chi connectivity index (χ3n) is 4.74. The molecule has 4 rings (SSSR count). The Morgan fingerprint density at radius 3 is 2.91 bits per heavy atom. The van der Waals surface area contributed by atoms with Crippen LogP contribution in [0.15, 0.2) is 21.8 Å². The van der Waals surface area contributed by atoms with Gasteiger partial charge in [0, 0.05) is 23.9 Å². The molecule has 0 radical (unpaired) electrons. The zero-order valence-electron chi connectivity index (χ0n) is 16.7. The summed E-state index contributed by atoms with van der Waals surface area (Å²) in [7, 11) is 1.66. The van der Waals surface area contributed by atoms with Crippen LogP contribution >= 0.6 is 34.9 Å². The van der Waals surface area contributed by atoms with E-state index in [1.165, 1.54) is 33.6 Å². The van der Waals surface area contributed by atoms with Crippen LogP contribution in [0.5, 0.6) is 0 Å². The van der Waals surface area contributed by atoms with Crippen molar-refractivity contribution in [3.05, 3.63) is 22.3 Å². The molecular formula is C16H16N8O6S3. The molecular weight excluding hydrogens is 496 g/mol. The highest BCUT2D eigenvalue weighted by molar-refractivity contribution is 8.01. The van der Waals surface area contributed by atoms with Crippen LogP contribution in [0.4, 0.5) is 5.13 Å². The first-order chi connectivity index (χ1) is 15.8. The molecule has 3 unspecified atom stereocenters. The van der Waals surface area contributed by atoms with Crippen LogP contribution in [-0.2, 0) is 26.2 Å². The number of aromatic nitrogens is 5. The number of anilines is 1. The molecule has 2 aromatic heterocycles. The number of thiazole rings is 1. The number of carbonyl (C=O) groups excluding carboxylic acids is 3. The predicted octanol–water partition coefficient (Wildman–Crippen LogP) is -1.20. The SMILES string of the molecule is Cn1nnnc1SCC1=C(C(=O)O)N2C(=O)C(NC(=O)C(O)c3csc(NC=O)n3)C2SC1. The topological polar surface area (TPSA) is 193 Å². The molecule has 0 aliphatic carbocycles. The molecule has 3 amide bonds. The summed E-state index contributed by atoms with van der Waals surface area (Å²) in [6.45, 7) is 0. The number of nitrogens with one attached hydrogen (secondary N) is 2. The van der Waals surface area contributed by atoms with Crippen LogP contribution in [0, 0.1) is 0 Å². The van der Waals surface area contributed by atoms with E-state index in [4.69, 9.17) is 0 Å². The van der Waals surface area contributed by atoms with Crippen LogP contribution in [0.25, 0.3) is 0 Å². The van der Waals surface area contributed by atoms with Crippen molar-refractivity contribution in [1.29, 1.82) is 0 Å². The average molecular weight is 513 g/mol. The van der Waals surface area contributed by atoms with Gasteiger partial charge in [-0.05, 0) is 16.0 Å². The van der Waals surface area contributed by atoms with Gasteiger partial charge in [0.05, 0.1) is 5.69 Å². The summed E-state index contributed by atoms with van der Waals surface area (Å²) in [5, 5.41) is 37.3. The number of aliphatic hydroxyl groups excluding tert-OH is 1. The van der Waals surface area contributed by atoms with Crippen molar-refractivity contribution in [3.63, 3.8) is 0 Å². The van der Waals surface area contributed by atoms with Crippen LogP contribution in [-0.4, -0.2) is 87.4 Å². The fourth-order valence-electron chi connectivity index (χ4n) is 3.18. The molecule has 4 heterocycles. The minimum atomic E-state index is -1.65. The number of carboxylic acid groups (broad SMARTS) is 1. The first-order valence-corrected chi connectivity index (χ1v) is 12.1. The second kappa shape index (κ2) is 9.46. The van der Waals surface area contributed by atoms with Gasteiger partial charge in [0.2, 0.25) is 11.6 Å². The van der Waals surface area contributed by atoms with Gasteiger partial charge < -0.3 is 20.8 Å². The first kappa shape index (κ1) is 23.1. The summed E-state index contributed by atoms with van der Waals surface area (Å²) in [6, 6.07) is -0.991. The summed E-state index contributed by atoms with van der Waals surface area (Å²) in [4.78, 5) is 52.7. The third-order valence-corrected chi connectivity index (χ3v) is 7.97. The molecule has 0 bridgehead atoms. The quantitative estimate of drug-likeness (QED) is 0.178. The number of carboxylic acids is 1. The average Bonchev–Trinajstić information content (AvgIpc) is 3.43. The molecule has 3 atom stereocenters. The van der Waals surface area contributed by atoms with Gasteiger partial charge in [0.25, 0.3) is 11.8 Å². The fraction of sp³-hybridized carbons (Fsp3) is 0.375. The highest BCUT2D eigenvalue weighted by Crippen LogP contribution is 2.41. The van der Waals surface area contributed by atoms with Crippen LogP contribution in [0.2, 0.25) is 0 Å². The largest absolute Gasteiger partial charge is 0.477 e. The third kappa shape index (κ3) is 4.43. The lowest BCUT2D eigenvalue weighted by Gasteiger charge is -2.49. The van der Waals surface area contributed by atoms with E-state index in [1.807, 2.05) is 0 Å². The van der Waals surface area contributed by atoms with E-state index in [2.05, 4.69) is 31.1 Å². The maximum atomic E-state index is 12.7. The Labute approximate surface area is 197 Å². The monoisotopic (exact) mass is 512 g/mol. The number of tetrazole rings is 1. The first-order valence-electron chi connectivity index (χ1n) is 9.21. The van der Waals surface area contributed by atoms with E-state index >= 15 is 0 Å². The second-order valence-electron chi connectivity index (χ2n) is 6.77. The van der Waals surface area contributed by atoms with Crippen molar-refractivity contribution in [2.24, 2.45) is 7.05 Å². The normalized spacial score (nSPS) is 20.7. The van der Waals surface area contributed by atoms with Gasteiger partial charge >= 0.3 is 5.97 Å². The Morgan fingerprint density at radius 2 is 2.24 bits per heavy atom. The second-order valence-corrected chi connectivity index (χ2v) is 9.67. The van der Waals surface area contributed by atoms with Crippen molar-refractivity contribution in [2.45, 2.75) is 22.7 Å². The minimum Gasteiger partial charge on any atom is -0.477 e. The van der Waals surface area contributed by atoms with E-state index in [0.29, 0.717) is 22.9 Å². The lowest BCUT2D eigenvalue weighted by molar-refractivity contribution is -0.151. The van der Waals surface area contributed by atoms with Crippen LogP contribution in [0.1, 0.15) is 11.8 Å². The number of hydrogen-bond donors (Lipinski definition) is 4. The summed E-state index contributed by atoms with van der Waals surface area (Å²) < 4.78 is 1.45. The molecule has 14 nitrogen and oxygen atoms in total. The minimum absolute atomic E-state index is 0.0190. The number of rotatable bonds is 9. The summed E-state index contributed by atoms with van der Waals surface area (Å²) in [5.41, 5.74) is 0.430. The van der Waals surface area contributed by atoms with Crippen molar-refractivity contribution in [2.75, 3.05) is 16.8 Å². The van der Waals surface area contributed by atoms with Gasteiger partial charge in [-0.3, -0.25) is 19.3 Å². The smallest absolute Gasteiger partial charge is 0.352 e. The van der Waals surface area contributed by atoms with Crippen LogP contribution in [0.3, 0.4) is 0 Å². The zero-order chi connectivity index (χ0) is 23.7. The lowest BCUT2D eigenvalue weighted by Crippen LogP contribution is -2.70. The Morgan fingerprint density at radius 1 is 1.45 bits per heavy atom. The number of aliphatic carboxylic acids is 1. The Balaban J connectivity index is 1.44. The van der Waals surface area contributed by atoms with Gasteiger partial charge in [-0.1, -0.05) is 11.8 Å². The number of fused-ring (bicyclic) bond motifs is 1. The number of β-lactam (4-membered cyclic amide) rings is 1. The molecule has 0 saturated carbocycles. The van der Waals surface area contributed by atoms with Crippen molar-refractivity contribution in [3.8, 4) is 0 Å². The number of aryl methyl sites for hydroxylation is 1. The summed E-state index contributed by atoms with van der Waals surface area (Å²) in [5.74, 6) is -2.09. The molecule has 0 spiro atoms. The highest BCUT2D eigenvalue weighted by atomic mass is 32.2. The van der Waals surface area contributed by atoms with E-state index in [0.717, 1.165) is 16.2 Å². The number of thioether (sulfide) groups is 2. The number of hydrogen-bond acceptors (Lipinski definition) is 12. The Hall–Kier alpha value is -3.02. The molecule has 33 heavy (non-hydrogen) atoms. The lowest BCUT2D eigenvalue weighted by atomic mass is 10.0. The van der Waals surface area contributed by atoms with Gasteiger partial charge in [-0.15, -0.1) is 28.2 Å². The predicted molar refractivity (Wildman–Crippen MR) is 116 cm³/mol. The summed E-state index contributed by atoms with van der Waals surface area (Å²) in [6.07, 6.45) is -1.23. The molecule has 4 N–H and O–H groups in total. The maximum absolute atomic E-state index is 12.7. The van der Waals surface area contributed by atoms with Crippen molar-refractivity contribution >= 4 is 64.2 Å². The van der Waals surface area contributed by atoms with Gasteiger partial charge in [0.1, 0.15) is 17.1 Å². The molecule has 1 saturated heterocycles. The number of carbonyl (C=O) groups is 4. The van der Waals surface area contributed by atoms with Crippen molar-refractivity contribution < 1.29 is 29.4 Å². The van der Waals surface area contributed by atoms with Gasteiger partial charge in [-0.2, -0.15) is 0 Å². The molecule has 1 fully saturated rings. The fourth-order valence-corrected chi connectivity index (χ4v) is 6.21. The van der Waals surface area contributed by atoms with Gasteiger partial charge in [0.15, 0.2) is 11.2 Å². The molecule has 2 aliphatic heterocycles. The summed E-state index contributed by atoms with van der Waals surface area (Å²) >= 11 is 3.58. The van der Waals surface area contributed by atoms with E-state index in [9.17, 15) is 29.4 Å². The molecule has 174 valence electrons. The maximum Gasteiger partial charge on any atom is 0.352 e. The number of aliphatic hydroxyl groups is 1. The zero-order valence-corrected chi connectivity index (χ0v) is 19.2.